The minimum atomic E-state index is -4.32. The van der Waals surface area contributed by atoms with Crippen molar-refractivity contribution < 1.29 is 31.8 Å². The quantitative estimate of drug-likeness (QED) is 0.250. The molecule has 2 heterocycles. The minimum absolute atomic E-state index is 0.281. The molecule has 0 aromatic heterocycles. The highest BCUT2D eigenvalue weighted by molar-refractivity contribution is 5.83. The predicted molar refractivity (Wildman–Crippen MR) is 146 cm³/mol. The number of rotatable bonds is 2. The Balaban J connectivity index is 0.000000160. The molecule has 7 heteroatoms. The molecule has 0 fully saturated rings. The van der Waals surface area contributed by atoms with Gasteiger partial charge in [0.2, 0.25) is 11.4 Å². The molecular formula is C32H29F3N2O2+2. The minimum Gasteiger partial charge on any atom is -0.435 e. The number of nitrogens with zero attached hydrogens (tertiary/aromatic N) is 2. The van der Waals surface area contributed by atoms with Crippen molar-refractivity contribution in [2.24, 2.45) is 0 Å². The number of benzene rings is 4. The third-order valence-electron chi connectivity index (χ3n) is 6.72. The van der Waals surface area contributed by atoms with E-state index in [4.69, 9.17) is 9.47 Å². The van der Waals surface area contributed by atoms with E-state index in [1.807, 2.05) is 31.3 Å². The fourth-order valence-corrected chi connectivity index (χ4v) is 4.64. The van der Waals surface area contributed by atoms with Gasteiger partial charge in [0.25, 0.3) is 13.5 Å². The van der Waals surface area contributed by atoms with Gasteiger partial charge in [-0.1, -0.05) is 42.5 Å². The first-order valence-electron chi connectivity index (χ1n) is 12.6. The first-order valence-corrected chi connectivity index (χ1v) is 12.6. The number of hydrogen-bond donors (Lipinski definition) is 0. The van der Waals surface area contributed by atoms with E-state index in [0.717, 1.165) is 40.3 Å². The van der Waals surface area contributed by atoms with Crippen molar-refractivity contribution in [3.8, 4) is 11.5 Å². The van der Waals surface area contributed by atoms with Crippen LogP contribution >= 0.6 is 0 Å². The number of hydrogen-bond acceptors (Lipinski definition) is 2. The highest BCUT2D eigenvalue weighted by Gasteiger charge is 2.31. The molecule has 0 atom stereocenters. The fourth-order valence-electron chi connectivity index (χ4n) is 4.64. The summed E-state index contributed by atoms with van der Waals surface area (Å²) in [5.41, 5.74) is 6.75. The Hall–Kier alpha value is -4.39. The first kappa shape index (κ1) is 26.2. The lowest BCUT2D eigenvalue weighted by Crippen LogP contribution is -2.21. The van der Waals surface area contributed by atoms with Crippen LogP contribution in [0.25, 0.3) is 0 Å². The number of alkyl halides is 3. The lowest BCUT2D eigenvalue weighted by atomic mass is 10.1. The highest BCUT2D eigenvalue weighted by Crippen LogP contribution is 2.32. The van der Waals surface area contributed by atoms with Gasteiger partial charge in [-0.25, -0.2) is 0 Å². The van der Waals surface area contributed by atoms with Crippen molar-refractivity contribution in [3.05, 3.63) is 118 Å². The van der Waals surface area contributed by atoms with Crippen LogP contribution in [-0.4, -0.2) is 35.0 Å². The number of halogens is 3. The van der Waals surface area contributed by atoms with Gasteiger partial charge >= 0.3 is 6.18 Å². The van der Waals surface area contributed by atoms with Gasteiger partial charge < -0.3 is 9.47 Å². The Bertz CT molecular complexity index is 1570. The number of para-hydroxylation sites is 3. The van der Waals surface area contributed by atoms with Crippen LogP contribution in [0.15, 0.2) is 84.9 Å². The van der Waals surface area contributed by atoms with Gasteiger partial charge in [0.1, 0.15) is 11.5 Å². The van der Waals surface area contributed by atoms with Gasteiger partial charge in [-0.3, -0.25) is 0 Å². The van der Waals surface area contributed by atoms with Crippen LogP contribution in [0, 0.1) is 20.8 Å². The molecule has 0 radical (unpaired) electrons. The first-order chi connectivity index (χ1) is 18.7. The number of aryl methyl sites for hydroxylation is 3. The third kappa shape index (κ3) is 5.72. The van der Waals surface area contributed by atoms with Crippen molar-refractivity contribution in [3.63, 3.8) is 0 Å². The van der Waals surface area contributed by atoms with Gasteiger partial charge in [-0.2, -0.15) is 22.3 Å². The zero-order valence-corrected chi connectivity index (χ0v) is 22.0. The van der Waals surface area contributed by atoms with E-state index in [1.54, 1.807) is 4.58 Å². The molecule has 0 saturated heterocycles. The molecule has 0 bridgehead atoms. The Morgan fingerprint density at radius 2 is 1.10 bits per heavy atom. The van der Waals surface area contributed by atoms with Crippen LogP contribution in [-0.2, 0) is 6.18 Å². The normalized spacial score (nSPS) is 13.9. The Morgan fingerprint density at radius 3 is 1.67 bits per heavy atom. The van der Waals surface area contributed by atoms with Crippen molar-refractivity contribution in [2.75, 3.05) is 13.5 Å². The molecule has 6 rings (SSSR count). The Kier molecular flexibility index (Phi) is 7.24. The van der Waals surface area contributed by atoms with E-state index in [2.05, 4.69) is 67.1 Å². The highest BCUT2D eigenvalue weighted by atomic mass is 19.4. The zero-order valence-electron chi connectivity index (χ0n) is 22.0. The second kappa shape index (κ2) is 10.8. The Labute approximate surface area is 225 Å². The van der Waals surface area contributed by atoms with Gasteiger partial charge in [0.15, 0.2) is 12.4 Å². The molecule has 0 unspecified atom stereocenters. The average Bonchev–Trinajstić information content (AvgIpc) is 2.93. The molecular weight excluding hydrogens is 501 g/mol. The maximum Gasteiger partial charge on any atom is 0.416 e. The molecule has 4 aromatic rings. The maximum atomic E-state index is 12.6. The molecule has 4 nitrogen and oxygen atoms in total. The van der Waals surface area contributed by atoms with Crippen molar-refractivity contribution in [1.82, 2.24) is 0 Å². The smallest absolute Gasteiger partial charge is 0.416 e. The van der Waals surface area contributed by atoms with Gasteiger partial charge in [0.05, 0.1) is 16.7 Å². The van der Waals surface area contributed by atoms with Crippen molar-refractivity contribution in [1.29, 1.82) is 0 Å². The average molecular weight is 531 g/mol. The molecule has 2 aliphatic heterocycles. The number of fused-ring (bicyclic) bond motifs is 2. The van der Waals surface area contributed by atoms with E-state index in [1.165, 1.54) is 28.9 Å². The summed E-state index contributed by atoms with van der Waals surface area (Å²) in [6, 6.07) is 25.4. The summed E-state index contributed by atoms with van der Waals surface area (Å²) in [6.07, 6.45) is -0.271. The Morgan fingerprint density at radius 1 is 0.590 bits per heavy atom. The van der Waals surface area contributed by atoms with Gasteiger partial charge in [-0.15, -0.1) is 0 Å². The number of ether oxygens (including phenoxy) is 2. The topological polar surface area (TPSA) is 24.5 Å². The van der Waals surface area contributed by atoms with E-state index in [-0.39, 0.29) is 6.73 Å². The molecule has 0 saturated carbocycles. The molecule has 198 valence electrons. The largest absolute Gasteiger partial charge is 0.435 e. The van der Waals surface area contributed by atoms with Crippen molar-refractivity contribution in [2.45, 2.75) is 26.9 Å². The molecule has 39 heavy (non-hydrogen) atoms. The summed E-state index contributed by atoms with van der Waals surface area (Å²) < 4.78 is 53.2. The molecule has 2 aliphatic rings. The fraction of sp³-hybridized carbons (Fsp3) is 0.188. The zero-order chi connectivity index (χ0) is 27.6. The standard InChI is InChI=1S/C16H13F3NO.C16H16NO/c1-11-3-2-4-12-9-20(10-21-15(11)12)14-7-5-13(6-8-14)16(17,18)19;1-12-6-3-4-9-15(12)17-10-14-8-5-7-13(2)16(14)18-11-17/h2-9H,10H2,1H3;3-10H,11H2,1-2H3/q2*+1. The molecule has 0 N–H and O–H groups in total. The van der Waals surface area contributed by atoms with Crippen LogP contribution in [0.2, 0.25) is 0 Å². The summed E-state index contributed by atoms with van der Waals surface area (Å²) in [6.45, 7) is 7.01. The van der Waals surface area contributed by atoms with E-state index < -0.39 is 11.7 Å². The molecule has 4 aromatic carbocycles. The summed E-state index contributed by atoms with van der Waals surface area (Å²) >= 11 is 0. The van der Waals surface area contributed by atoms with Gasteiger partial charge in [0, 0.05) is 23.8 Å². The van der Waals surface area contributed by atoms with Crippen LogP contribution < -0.4 is 9.47 Å². The van der Waals surface area contributed by atoms with Crippen LogP contribution in [0.4, 0.5) is 24.5 Å². The summed E-state index contributed by atoms with van der Waals surface area (Å²) in [5, 5.41) is 0. The second-order valence-electron chi connectivity index (χ2n) is 9.56. The SMILES string of the molecule is Cc1cccc2c1OC[N+](c1ccc(C(F)(F)F)cc1)=C2.Cc1ccccc1[N+]1=Cc2cccc(C)c2OC1. The van der Waals surface area contributed by atoms with Crippen LogP contribution in [0.5, 0.6) is 11.5 Å². The van der Waals surface area contributed by atoms with E-state index >= 15 is 0 Å². The predicted octanol–water partition coefficient (Wildman–Crippen LogP) is 7.54. The molecule has 0 amide bonds. The summed E-state index contributed by atoms with van der Waals surface area (Å²) in [5.74, 6) is 1.82. The summed E-state index contributed by atoms with van der Waals surface area (Å²) in [4.78, 5) is 0. The molecule has 0 spiro atoms. The monoisotopic (exact) mass is 530 g/mol. The van der Waals surface area contributed by atoms with Crippen LogP contribution in [0.1, 0.15) is 33.4 Å². The van der Waals surface area contributed by atoms with E-state index in [9.17, 15) is 13.2 Å². The second-order valence-corrected chi connectivity index (χ2v) is 9.56. The maximum absolute atomic E-state index is 12.6. The van der Waals surface area contributed by atoms with Crippen LogP contribution in [0.3, 0.4) is 0 Å². The van der Waals surface area contributed by atoms with Crippen molar-refractivity contribution >= 4 is 23.8 Å². The van der Waals surface area contributed by atoms with Gasteiger partial charge in [-0.05, 0) is 56.2 Å². The molecule has 0 aliphatic carbocycles. The summed E-state index contributed by atoms with van der Waals surface area (Å²) in [7, 11) is 0. The third-order valence-corrected chi connectivity index (χ3v) is 6.72. The lowest BCUT2D eigenvalue weighted by molar-refractivity contribution is -0.476. The lowest BCUT2D eigenvalue weighted by Gasteiger charge is -2.15. The van der Waals surface area contributed by atoms with E-state index in [0.29, 0.717) is 12.4 Å².